The molecule has 5 unspecified atom stereocenters. The van der Waals surface area contributed by atoms with E-state index < -0.39 is 24.8 Å². The number of hydrogen-bond acceptors (Lipinski definition) is 5. The Hall–Kier alpha value is -1.58. The summed E-state index contributed by atoms with van der Waals surface area (Å²) in [5, 5.41) is 32.2. The lowest BCUT2D eigenvalue weighted by atomic mass is 9.71. The van der Waals surface area contributed by atoms with E-state index in [4.69, 9.17) is 9.94 Å². The number of oxime groups is 1. The van der Waals surface area contributed by atoms with Crippen molar-refractivity contribution in [3.05, 3.63) is 0 Å². The van der Waals surface area contributed by atoms with Crippen molar-refractivity contribution in [2.45, 2.75) is 51.2 Å². The molecule has 122 valence electrons. The van der Waals surface area contributed by atoms with Gasteiger partial charge in [-0.25, -0.2) is 4.79 Å². The number of nitrogens with zero attached hydrogens (tertiary/aromatic N) is 1. The lowest BCUT2D eigenvalue weighted by Gasteiger charge is -2.33. The number of hydrogen-bond donors (Lipinski definition) is 3. The number of carboxylic acid groups (broad SMARTS) is 1. The number of aliphatic hydroxyl groups excluding tert-OH is 2. The molecule has 0 spiro atoms. The molecule has 0 amide bonds. The van der Waals surface area contributed by atoms with Gasteiger partial charge in [0.15, 0.2) is 0 Å². The summed E-state index contributed by atoms with van der Waals surface area (Å²) in [7, 11) is 0. The Bertz CT molecular complexity index is 492. The fourth-order valence-electron chi connectivity index (χ4n) is 3.14. The summed E-state index contributed by atoms with van der Waals surface area (Å²) < 4.78 is 0. The van der Waals surface area contributed by atoms with Crippen LogP contribution >= 0.6 is 0 Å². The van der Waals surface area contributed by atoms with Gasteiger partial charge in [-0.2, -0.15) is 0 Å². The predicted octanol–water partition coefficient (Wildman–Crippen LogP) is 1.01. The molecule has 0 bridgehead atoms. The van der Waals surface area contributed by atoms with Crippen LogP contribution in [0.25, 0.3) is 0 Å². The summed E-state index contributed by atoms with van der Waals surface area (Å²) >= 11 is 0. The van der Waals surface area contributed by atoms with Gasteiger partial charge in [0.25, 0.3) is 0 Å². The molecular weight excluding hydrogens is 286 g/mol. The maximum atomic E-state index is 10.4. The summed E-state index contributed by atoms with van der Waals surface area (Å²) in [6.45, 7) is 1.61. The van der Waals surface area contributed by atoms with E-state index >= 15 is 0 Å². The predicted molar refractivity (Wildman–Crippen MR) is 80.0 cm³/mol. The van der Waals surface area contributed by atoms with E-state index in [1.54, 1.807) is 0 Å². The standard InChI is InChI=1S/C16H23NO5/c1-2-3-4-10(18)5-6-11-12-7-14(13(12)8-15(11)19)17-22-9-16(20)21/h10-13,15,18-19H,2-4,7-9H2,1H3,(H,20,21)/b17-14-. The Labute approximate surface area is 130 Å². The first-order valence-electron chi connectivity index (χ1n) is 7.80. The van der Waals surface area contributed by atoms with E-state index in [9.17, 15) is 15.0 Å². The van der Waals surface area contributed by atoms with E-state index in [1.807, 2.05) is 0 Å². The van der Waals surface area contributed by atoms with Gasteiger partial charge in [-0.3, -0.25) is 0 Å². The van der Waals surface area contributed by atoms with Crippen LogP contribution in [0, 0.1) is 29.6 Å². The molecule has 3 N–H and O–H groups in total. The van der Waals surface area contributed by atoms with Gasteiger partial charge in [0.1, 0.15) is 6.10 Å². The summed E-state index contributed by atoms with van der Waals surface area (Å²) in [5.74, 6) is 5.02. The number of fused-ring (bicyclic) bond motifs is 1. The SMILES string of the molecule is CCCCC(O)C#CC1C(O)CC2/C(=N\OCC(=O)O)CC21. The highest BCUT2D eigenvalue weighted by molar-refractivity contribution is 5.93. The van der Waals surface area contributed by atoms with Crippen molar-refractivity contribution in [3.63, 3.8) is 0 Å². The molecule has 0 aromatic heterocycles. The molecule has 2 aliphatic carbocycles. The number of unbranched alkanes of at least 4 members (excludes halogenated alkanes) is 1. The number of aliphatic hydroxyl groups is 2. The van der Waals surface area contributed by atoms with Crippen LogP contribution in [0.4, 0.5) is 0 Å². The van der Waals surface area contributed by atoms with Crippen LogP contribution in [0.2, 0.25) is 0 Å². The Morgan fingerprint density at radius 2 is 2.32 bits per heavy atom. The Morgan fingerprint density at radius 1 is 1.55 bits per heavy atom. The molecule has 6 nitrogen and oxygen atoms in total. The molecule has 0 aromatic rings. The third-order valence-corrected chi connectivity index (χ3v) is 4.38. The van der Waals surface area contributed by atoms with Crippen molar-refractivity contribution < 1.29 is 25.0 Å². The minimum absolute atomic E-state index is 0.121. The first kappa shape index (κ1) is 16.8. The molecule has 2 rings (SSSR count). The van der Waals surface area contributed by atoms with Gasteiger partial charge in [0.05, 0.1) is 17.7 Å². The fraction of sp³-hybridized carbons (Fsp3) is 0.750. The van der Waals surface area contributed by atoms with Gasteiger partial charge < -0.3 is 20.2 Å². The quantitative estimate of drug-likeness (QED) is 0.502. The summed E-state index contributed by atoms with van der Waals surface area (Å²) in [4.78, 5) is 15.1. The second kappa shape index (κ2) is 7.61. The zero-order valence-corrected chi connectivity index (χ0v) is 12.7. The van der Waals surface area contributed by atoms with E-state index in [2.05, 4.69) is 23.9 Å². The third kappa shape index (κ3) is 3.99. The molecule has 0 saturated heterocycles. The van der Waals surface area contributed by atoms with Gasteiger partial charge in [-0.05, 0) is 25.2 Å². The maximum Gasteiger partial charge on any atom is 0.344 e. The first-order valence-corrected chi connectivity index (χ1v) is 7.80. The van der Waals surface area contributed by atoms with E-state index in [1.165, 1.54) is 0 Å². The van der Waals surface area contributed by atoms with E-state index in [0.29, 0.717) is 19.3 Å². The van der Waals surface area contributed by atoms with Crippen molar-refractivity contribution in [3.8, 4) is 11.8 Å². The van der Waals surface area contributed by atoms with Crippen molar-refractivity contribution in [1.82, 2.24) is 0 Å². The second-order valence-electron chi connectivity index (χ2n) is 6.00. The molecule has 0 aliphatic heterocycles. The molecule has 2 saturated carbocycles. The third-order valence-electron chi connectivity index (χ3n) is 4.38. The van der Waals surface area contributed by atoms with Crippen molar-refractivity contribution in [1.29, 1.82) is 0 Å². The summed E-state index contributed by atoms with van der Waals surface area (Å²) in [6, 6.07) is 0. The molecule has 0 heterocycles. The number of carbonyl (C=O) groups is 1. The smallest absolute Gasteiger partial charge is 0.344 e. The first-order chi connectivity index (χ1) is 10.5. The molecule has 22 heavy (non-hydrogen) atoms. The van der Waals surface area contributed by atoms with E-state index in [0.717, 1.165) is 18.6 Å². The second-order valence-corrected chi connectivity index (χ2v) is 6.00. The van der Waals surface area contributed by atoms with Gasteiger partial charge in [-0.15, -0.1) is 0 Å². The highest BCUT2D eigenvalue weighted by atomic mass is 16.6. The highest BCUT2D eigenvalue weighted by Crippen LogP contribution is 2.48. The minimum Gasteiger partial charge on any atom is -0.479 e. The number of rotatable bonds is 6. The zero-order chi connectivity index (χ0) is 16.1. The highest BCUT2D eigenvalue weighted by Gasteiger charge is 2.51. The van der Waals surface area contributed by atoms with Gasteiger partial charge >= 0.3 is 5.97 Å². The monoisotopic (exact) mass is 309 g/mol. The van der Waals surface area contributed by atoms with Crippen LogP contribution < -0.4 is 0 Å². The molecule has 2 aliphatic rings. The van der Waals surface area contributed by atoms with Gasteiger partial charge in [0, 0.05) is 5.92 Å². The molecule has 5 atom stereocenters. The van der Waals surface area contributed by atoms with Crippen LogP contribution in [0.15, 0.2) is 5.16 Å². The fourth-order valence-corrected chi connectivity index (χ4v) is 3.14. The molecule has 0 aromatic carbocycles. The Morgan fingerprint density at radius 3 is 3.00 bits per heavy atom. The summed E-state index contributed by atoms with van der Waals surface area (Å²) in [6.07, 6.45) is 2.72. The van der Waals surface area contributed by atoms with Crippen LogP contribution in [-0.2, 0) is 9.63 Å². The van der Waals surface area contributed by atoms with Crippen molar-refractivity contribution >= 4 is 11.7 Å². The molecule has 6 heteroatoms. The average molecular weight is 309 g/mol. The largest absolute Gasteiger partial charge is 0.479 e. The lowest BCUT2D eigenvalue weighted by Crippen LogP contribution is -2.36. The number of aliphatic carboxylic acids is 1. The maximum absolute atomic E-state index is 10.4. The van der Waals surface area contributed by atoms with Crippen molar-refractivity contribution in [2.75, 3.05) is 6.61 Å². The Kier molecular flexibility index (Phi) is 5.81. The average Bonchev–Trinajstić information content (AvgIpc) is 2.71. The van der Waals surface area contributed by atoms with Crippen LogP contribution in [0.3, 0.4) is 0 Å². The number of carboxylic acids is 1. The minimum atomic E-state index is -1.06. The normalized spacial score (nSPS) is 32.6. The zero-order valence-electron chi connectivity index (χ0n) is 12.7. The van der Waals surface area contributed by atoms with Crippen LogP contribution in [-0.4, -0.2) is 45.8 Å². The molecular formula is C16H23NO5. The van der Waals surface area contributed by atoms with Gasteiger partial charge in [0.2, 0.25) is 6.61 Å². The molecule has 0 radical (unpaired) electrons. The Balaban J connectivity index is 1.87. The van der Waals surface area contributed by atoms with Crippen LogP contribution in [0.1, 0.15) is 39.0 Å². The topological polar surface area (TPSA) is 99.4 Å². The lowest BCUT2D eigenvalue weighted by molar-refractivity contribution is -0.142. The molecule has 2 fully saturated rings. The van der Waals surface area contributed by atoms with E-state index in [-0.39, 0.29) is 17.8 Å². The van der Waals surface area contributed by atoms with Gasteiger partial charge in [-0.1, -0.05) is 36.8 Å². The van der Waals surface area contributed by atoms with Crippen LogP contribution in [0.5, 0.6) is 0 Å². The summed E-state index contributed by atoms with van der Waals surface area (Å²) in [5.41, 5.74) is 0.807. The van der Waals surface area contributed by atoms with Crippen molar-refractivity contribution in [2.24, 2.45) is 22.9 Å².